The van der Waals surface area contributed by atoms with Gasteiger partial charge in [-0.3, -0.25) is 9.59 Å². The highest BCUT2D eigenvalue weighted by atomic mass is 32.2. The van der Waals surface area contributed by atoms with Crippen LogP contribution < -0.4 is 10.2 Å². The van der Waals surface area contributed by atoms with E-state index < -0.39 is 0 Å². The fourth-order valence-electron chi connectivity index (χ4n) is 2.93. The number of hydrogen-bond donors (Lipinski definition) is 1. The van der Waals surface area contributed by atoms with Crippen LogP contribution in [0.25, 0.3) is 0 Å². The van der Waals surface area contributed by atoms with Gasteiger partial charge in [-0.1, -0.05) is 31.4 Å². The molecule has 1 aliphatic rings. The van der Waals surface area contributed by atoms with Crippen LogP contribution >= 0.6 is 11.8 Å². The Hall–Kier alpha value is -2.99. The van der Waals surface area contributed by atoms with Crippen LogP contribution in [0.4, 0.5) is 5.69 Å². The monoisotopic (exact) mass is 394 g/mol. The van der Waals surface area contributed by atoms with Gasteiger partial charge >= 0.3 is 0 Å². The molecule has 0 atom stereocenters. The van der Waals surface area contributed by atoms with Crippen molar-refractivity contribution in [3.8, 4) is 0 Å². The molecule has 1 amide bonds. The zero-order chi connectivity index (χ0) is 19.9. The second-order valence-electron chi connectivity index (χ2n) is 6.20. The third kappa shape index (κ3) is 4.64. The molecule has 2 aromatic rings. The number of hydrogen-bond acceptors (Lipinski definition) is 5. The molecule has 0 unspecified atom stereocenters. The van der Waals surface area contributed by atoms with Crippen molar-refractivity contribution in [2.75, 3.05) is 23.7 Å². The zero-order valence-corrected chi connectivity index (χ0v) is 16.3. The molecule has 144 valence electrons. The van der Waals surface area contributed by atoms with Gasteiger partial charge in [0.1, 0.15) is 5.76 Å². The van der Waals surface area contributed by atoms with Crippen molar-refractivity contribution in [3.63, 3.8) is 0 Å². The highest BCUT2D eigenvalue weighted by Gasteiger charge is 2.22. The van der Waals surface area contributed by atoms with E-state index in [4.69, 9.17) is 4.42 Å². The number of carbonyl (C=O) groups is 2. The molecule has 1 aromatic carbocycles. The Morgan fingerprint density at radius 1 is 1.29 bits per heavy atom. The lowest BCUT2D eigenvalue weighted by Gasteiger charge is -2.30. The molecular weight excluding hydrogens is 372 g/mol. The number of nitrogens with one attached hydrogen (secondary N) is 1. The number of amides is 1. The third-order valence-electron chi connectivity index (χ3n) is 4.36. The molecule has 0 fully saturated rings. The van der Waals surface area contributed by atoms with Crippen molar-refractivity contribution in [1.82, 2.24) is 5.32 Å². The molecule has 0 saturated carbocycles. The number of benzene rings is 1. The summed E-state index contributed by atoms with van der Waals surface area (Å²) in [5.74, 6) is 1.37. The van der Waals surface area contributed by atoms with Gasteiger partial charge < -0.3 is 14.6 Å². The van der Waals surface area contributed by atoms with Gasteiger partial charge in [0, 0.05) is 28.3 Å². The van der Waals surface area contributed by atoms with Crippen LogP contribution in [-0.4, -0.2) is 30.5 Å². The summed E-state index contributed by atoms with van der Waals surface area (Å²) in [6.07, 6.45) is 6.36. The van der Waals surface area contributed by atoms with Gasteiger partial charge in [-0.05, 0) is 30.3 Å². The number of furan rings is 1. The first-order chi connectivity index (χ1) is 13.6. The maximum atomic E-state index is 12.6. The van der Waals surface area contributed by atoms with Crippen LogP contribution in [0.5, 0.6) is 0 Å². The van der Waals surface area contributed by atoms with E-state index in [2.05, 4.69) is 18.5 Å². The maximum Gasteiger partial charge on any atom is 0.251 e. The Morgan fingerprint density at radius 2 is 2.14 bits per heavy atom. The minimum absolute atomic E-state index is 0.0274. The van der Waals surface area contributed by atoms with E-state index in [1.165, 1.54) is 0 Å². The molecule has 5 nitrogen and oxygen atoms in total. The van der Waals surface area contributed by atoms with E-state index in [1.54, 1.807) is 48.4 Å². The number of anilines is 1. The SMILES string of the molecule is C=C/C=C(\C=C)C(=O)CN1CCSc2ccc(C(=O)NCc3ccco3)cc21. The standard InChI is InChI=1S/C22H22N2O3S/c1-3-6-16(4-2)20(25)15-24-10-12-28-21-9-8-17(13-19(21)24)22(26)23-14-18-7-5-11-27-18/h3-9,11,13H,1-2,10,12,14-15H2,(H,23,26)/b16-6+. The topological polar surface area (TPSA) is 62.6 Å². The van der Waals surface area contributed by atoms with E-state index in [-0.39, 0.29) is 18.2 Å². The second-order valence-corrected chi connectivity index (χ2v) is 7.34. The Kier molecular flexibility index (Phi) is 6.55. The molecule has 0 radical (unpaired) electrons. The minimum Gasteiger partial charge on any atom is -0.467 e. The van der Waals surface area contributed by atoms with Crippen LogP contribution in [0.1, 0.15) is 16.1 Å². The largest absolute Gasteiger partial charge is 0.467 e. The number of allylic oxidation sites excluding steroid dienone is 3. The molecule has 1 N–H and O–H groups in total. The van der Waals surface area contributed by atoms with Gasteiger partial charge in [0.25, 0.3) is 5.91 Å². The smallest absolute Gasteiger partial charge is 0.251 e. The minimum atomic E-state index is -0.181. The van der Waals surface area contributed by atoms with Gasteiger partial charge in [0.05, 0.1) is 25.0 Å². The van der Waals surface area contributed by atoms with Crippen LogP contribution in [0.3, 0.4) is 0 Å². The third-order valence-corrected chi connectivity index (χ3v) is 5.40. The number of thioether (sulfide) groups is 1. The van der Waals surface area contributed by atoms with Gasteiger partial charge in [-0.2, -0.15) is 0 Å². The number of ketones is 1. The van der Waals surface area contributed by atoms with Crippen LogP contribution in [0, 0.1) is 0 Å². The number of nitrogens with zero attached hydrogens (tertiary/aromatic N) is 1. The Balaban J connectivity index is 1.76. The van der Waals surface area contributed by atoms with E-state index in [9.17, 15) is 9.59 Å². The molecule has 0 bridgehead atoms. The average molecular weight is 394 g/mol. The highest BCUT2D eigenvalue weighted by molar-refractivity contribution is 7.99. The highest BCUT2D eigenvalue weighted by Crippen LogP contribution is 2.35. The lowest BCUT2D eigenvalue weighted by molar-refractivity contribution is -0.114. The van der Waals surface area contributed by atoms with Crippen molar-refractivity contribution < 1.29 is 14.0 Å². The number of Topliss-reactive ketones (excluding diaryl/α,β-unsaturated/α-hetero) is 1. The number of carbonyl (C=O) groups excluding carboxylic acids is 2. The van der Waals surface area contributed by atoms with Crippen LogP contribution in [0.15, 0.2) is 82.9 Å². The van der Waals surface area contributed by atoms with E-state index >= 15 is 0 Å². The quantitative estimate of drug-likeness (QED) is 0.542. The first kappa shape index (κ1) is 19.8. The number of fused-ring (bicyclic) bond motifs is 1. The first-order valence-corrected chi connectivity index (χ1v) is 9.91. The summed E-state index contributed by atoms with van der Waals surface area (Å²) in [7, 11) is 0. The summed E-state index contributed by atoms with van der Waals surface area (Å²) in [6.45, 7) is 8.63. The lowest BCUT2D eigenvalue weighted by atomic mass is 10.1. The summed E-state index contributed by atoms with van der Waals surface area (Å²) in [5, 5.41) is 2.85. The Morgan fingerprint density at radius 3 is 2.86 bits per heavy atom. The van der Waals surface area contributed by atoms with Gasteiger partial charge in [0.15, 0.2) is 5.78 Å². The van der Waals surface area contributed by atoms with Crippen molar-refractivity contribution in [3.05, 3.63) is 84.9 Å². The molecule has 1 aliphatic heterocycles. The molecule has 6 heteroatoms. The maximum absolute atomic E-state index is 12.6. The lowest BCUT2D eigenvalue weighted by Crippen LogP contribution is -2.35. The average Bonchev–Trinajstić information content (AvgIpc) is 3.23. The van der Waals surface area contributed by atoms with Crippen molar-refractivity contribution in [2.24, 2.45) is 0 Å². The summed E-state index contributed by atoms with van der Waals surface area (Å²) < 4.78 is 5.24. The molecule has 0 aliphatic carbocycles. The van der Waals surface area contributed by atoms with Crippen LogP contribution in [0.2, 0.25) is 0 Å². The molecule has 0 saturated heterocycles. The predicted molar refractivity (Wildman–Crippen MR) is 113 cm³/mol. The Labute approximate surface area is 168 Å². The second kappa shape index (κ2) is 9.28. The number of rotatable bonds is 8. The zero-order valence-electron chi connectivity index (χ0n) is 15.5. The molecule has 2 heterocycles. The fourth-order valence-corrected chi connectivity index (χ4v) is 3.96. The molecule has 28 heavy (non-hydrogen) atoms. The van der Waals surface area contributed by atoms with Crippen molar-refractivity contribution in [2.45, 2.75) is 11.4 Å². The van der Waals surface area contributed by atoms with Gasteiger partial charge in [0.2, 0.25) is 0 Å². The fraction of sp³-hybridized carbons (Fsp3) is 0.182. The predicted octanol–water partition coefficient (Wildman–Crippen LogP) is 3.99. The van der Waals surface area contributed by atoms with E-state index in [0.717, 1.165) is 22.9 Å². The Bertz CT molecular complexity index is 916. The molecular formula is C22H22N2O3S. The van der Waals surface area contributed by atoms with Crippen molar-refractivity contribution >= 4 is 29.1 Å². The molecule has 0 spiro atoms. The molecule has 3 rings (SSSR count). The molecule has 1 aromatic heterocycles. The van der Waals surface area contributed by atoms with Crippen LogP contribution in [-0.2, 0) is 11.3 Å². The summed E-state index contributed by atoms with van der Waals surface area (Å²) in [6, 6.07) is 9.18. The normalized spacial score (nSPS) is 13.6. The van der Waals surface area contributed by atoms with Crippen molar-refractivity contribution in [1.29, 1.82) is 0 Å². The first-order valence-electron chi connectivity index (χ1n) is 8.93. The summed E-state index contributed by atoms with van der Waals surface area (Å²) in [4.78, 5) is 28.2. The van der Waals surface area contributed by atoms with E-state index in [0.29, 0.717) is 23.4 Å². The van der Waals surface area contributed by atoms with E-state index in [1.807, 2.05) is 23.1 Å². The van der Waals surface area contributed by atoms with Gasteiger partial charge in [-0.25, -0.2) is 0 Å². The van der Waals surface area contributed by atoms with Gasteiger partial charge in [-0.15, -0.1) is 11.8 Å². The summed E-state index contributed by atoms with van der Waals surface area (Å²) >= 11 is 1.73. The summed E-state index contributed by atoms with van der Waals surface area (Å²) in [5.41, 5.74) is 1.98.